The van der Waals surface area contributed by atoms with Crippen LogP contribution in [0.3, 0.4) is 0 Å². The lowest BCUT2D eigenvalue weighted by Gasteiger charge is -2.25. The second-order valence-corrected chi connectivity index (χ2v) is 6.85. The van der Waals surface area contributed by atoms with Crippen molar-refractivity contribution in [3.63, 3.8) is 0 Å². The number of aliphatic hydroxyl groups is 1. The van der Waals surface area contributed by atoms with Crippen LogP contribution >= 0.6 is 0 Å². The van der Waals surface area contributed by atoms with E-state index >= 15 is 0 Å². The summed E-state index contributed by atoms with van der Waals surface area (Å²) in [7, 11) is 1.83. The van der Waals surface area contributed by atoms with E-state index in [0.29, 0.717) is 6.54 Å². The number of likely N-dealkylation sites (N-methyl/N-ethyl adjacent to an activating group) is 1. The molecule has 0 saturated heterocycles. The molecule has 1 amide bonds. The van der Waals surface area contributed by atoms with Crippen LogP contribution in [0.4, 0.5) is 5.69 Å². The molecule has 0 unspecified atom stereocenters. The third-order valence-electron chi connectivity index (χ3n) is 3.60. The molecule has 24 heavy (non-hydrogen) atoms. The standard InChI is InChI=1S/C20H26N2O2/c1-20(2,24)15-22(3)14-19(23)21-18-12-8-7-11-17(18)13-16-9-5-4-6-10-16/h4-12,24H,13-15H2,1-3H3,(H,21,23). The minimum atomic E-state index is -0.819. The van der Waals surface area contributed by atoms with Crippen LogP contribution in [0.1, 0.15) is 25.0 Å². The minimum Gasteiger partial charge on any atom is -0.389 e. The van der Waals surface area contributed by atoms with Crippen LogP contribution in [-0.4, -0.2) is 41.7 Å². The number of nitrogens with zero attached hydrogens (tertiary/aromatic N) is 1. The number of rotatable bonds is 7. The van der Waals surface area contributed by atoms with Gasteiger partial charge in [-0.1, -0.05) is 48.5 Å². The van der Waals surface area contributed by atoms with Gasteiger partial charge in [-0.25, -0.2) is 0 Å². The maximum Gasteiger partial charge on any atom is 0.238 e. The quantitative estimate of drug-likeness (QED) is 0.822. The van der Waals surface area contributed by atoms with Gasteiger partial charge < -0.3 is 10.4 Å². The normalized spacial score (nSPS) is 11.5. The number of para-hydroxylation sites is 1. The molecule has 0 fully saturated rings. The van der Waals surface area contributed by atoms with Gasteiger partial charge in [-0.2, -0.15) is 0 Å². The Morgan fingerprint density at radius 3 is 2.38 bits per heavy atom. The smallest absolute Gasteiger partial charge is 0.238 e. The highest BCUT2D eigenvalue weighted by Crippen LogP contribution is 2.19. The van der Waals surface area contributed by atoms with Crippen molar-refractivity contribution in [2.24, 2.45) is 0 Å². The van der Waals surface area contributed by atoms with Crippen molar-refractivity contribution in [2.75, 3.05) is 25.5 Å². The van der Waals surface area contributed by atoms with Crippen molar-refractivity contribution in [3.05, 3.63) is 65.7 Å². The summed E-state index contributed by atoms with van der Waals surface area (Å²) in [5, 5.41) is 12.8. The number of amides is 1. The minimum absolute atomic E-state index is 0.0812. The van der Waals surface area contributed by atoms with Gasteiger partial charge in [0.15, 0.2) is 0 Å². The van der Waals surface area contributed by atoms with Crippen molar-refractivity contribution < 1.29 is 9.90 Å². The van der Waals surface area contributed by atoms with Gasteiger partial charge in [0.2, 0.25) is 5.91 Å². The van der Waals surface area contributed by atoms with E-state index in [2.05, 4.69) is 17.4 Å². The topological polar surface area (TPSA) is 52.6 Å². The molecule has 0 heterocycles. The van der Waals surface area contributed by atoms with Crippen molar-refractivity contribution in [2.45, 2.75) is 25.9 Å². The lowest BCUT2D eigenvalue weighted by Crippen LogP contribution is -2.40. The summed E-state index contributed by atoms with van der Waals surface area (Å²) in [4.78, 5) is 14.1. The zero-order valence-electron chi connectivity index (χ0n) is 14.6. The molecule has 128 valence electrons. The third kappa shape index (κ3) is 6.14. The number of hydrogen-bond acceptors (Lipinski definition) is 3. The average molecular weight is 326 g/mol. The highest BCUT2D eigenvalue weighted by Gasteiger charge is 2.17. The second kappa shape index (κ2) is 8.08. The fraction of sp³-hybridized carbons (Fsp3) is 0.350. The van der Waals surface area contributed by atoms with Crippen molar-refractivity contribution in [1.82, 2.24) is 4.90 Å². The summed E-state index contributed by atoms with van der Waals surface area (Å²) >= 11 is 0. The van der Waals surface area contributed by atoms with E-state index in [4.69, 9.17) is 0 Å². The number of hydrogen-bond donors (Lipinski definition) is 2. The summed E-state index contributed by atoms with van der Waals surface area (Å²) in [5.41, 5.74) is 2.31. The van der Waals surface area contributed by atoms with E-state index in [-0.39, 0.29) is 12.5 Å². The van der Waals surface area contributed by atoms with Gasteiger partial charge in [-0.05, 0) is 44.5 Å². The van der Waals surface area contributed by atoms with Crippen LogP contribution in [0, 0.1) is 0 Å². The van der Waals surface area contributed by atoms with Gasteiger partial charge in [0, 0.05) is 12.2 Å². The molecule has 0 radical (unpaired) electrons. The largest absolute Gasteiger partial charge is 0.389 e. The zero-order valence-corrected chi connectivity index (χ0v) is 14.6. The molecule has 2 N–H and O–H groups in total. The van der Waals surface area contributed by atoms with Crippen LogP contribution in [0.15, 0.2) is 54.6 Å². The first kappa shape index (κ1) is 18.2. The van der Waals surface area contributed by atoms with E-state index in [1.165, 1.54) is 5.56 Å². The molecule has 4 heteroatoms. The lowest BCUT2D eigenvalue weighted by molar-refractivity contribution is -0.117. The Balaban J connectivity index is 2.01. The van der Waals surface area contributed by atoms with Gasteiger partial charge in [0.25, 0.3) is 0 Å². The van der Waals surface area contributed by atoms with Gasteiger partial charge in [-0.3, -0.25) is 9.69 Å². The highest BCUT2D eigenvalue weighted by atomic mass is 16.3. The van der Waals surface area contributed by atoms with E-state index < -0.39 is 5.60 Å². The number of carbonyl (C=O) groups is 1. The second-order valence-electron chi connectivity index (χ2n) is 6.85. The number of benzene rings is 2. The first-order valence-corrected chi connectivity index (χ1v) is 8.16. The van der Waals surface area contributed by atoms with Crippen molar-refractivity contribution in [1.29, 1.82) is 0 Å². The van der Waals surface area contributed by atoms with Crippen molar-refractivity contribution >= 4 is 11.6 Å². The zero-order chi connectivity index (χ0) is 17.6. The summed E-state index contributed by atoms with van der Waals surface area (Å²) < 4.78 is 0. The van der Waals surface area contributed by atoms with Gasteiger partial charge >= 0.3 is 0 Å². The predicted octanol–water partition coefficient (Wildman–Crippen LogP) is 2.92. The van der Waals surface area contributed by atoms with E-state index in [1.807, 2.05) is 54.4 Å². The first-order chi connectivity index (χ1) is 11.3. The maximum absolute atomic E-state index is 12.3. The van der Waals surface area contributed by atoms with E-state index in [1.54, 1.807) is 13.8 Å². The first-order valence-electron chi connectivity index (χ1n) is 8.16. The van der Waals surface area contributed by atoms with Crippen LogP contribution in [0.5, 0.6) is 0 Å². The summed E-state index contributed by atoms with van der Waals surface area (Å²) in [6.45, 7) is 4.14. The highest BCUT2D eigenvalue weighted by molar-refractivity contribution is 5.93. The predicted molar refractivity (Wildman–Crippen MR) is 98.1 cm³/mol. The fourth-order valence-corrected chi connectivity index (χ4v) is 2.76. The average Bonchev–Trinajstić information content (AvgIpc) is 2.48. The maximum atomic E-state index is 12.3. The third-order valence-corrected chi connectivity index (χ3v) is 3.60. The Bertz CT molecular complexity index is 663. The SMILES string of the molecule is CN(CC(=O)Nc1ccccc1Cc1ccccc1)CC(C)(C)O. The van der Waals surface area contributed by atoms with Crippen LogP contribution in [-0.2, 0) is 11.2 Å². The lowest BCUT2D eigenvalue weighted by atomic mass is 10.0. The number of anilines is 1. The number of nitrogens with one attached hydrogen (secondary N) is 1. The van der Waals surface area contributed by atoms with Gasteiger partial charge in [0.1, 0.15) is 0 Å². The molecule has 0 aliphatic rings. The molecule has 0 atom stereocenters. The number of carbonyl (C=O) groups excluding carboxylic acids is 1. The molecule has 2 aromatic rings. The Kier molecular flexibility index (Phi) is 6.12. The molecular formula is C20H26N2O2. The molecule has 2 rings (SSSR count). The molecular weight excluding hydrogens is 300 g/mol. The van der Waals surface area contributed by atoms with Crippen LogP contribution in [0.25, 0.3) is 0 Å². The molecule has 0 bridgehead atoms. The Labute approximate surface area is 144 Å². The van der Waals surface area contributed by atoms with Crippen LogP contribution in [0.2, 0.25) is 0 Å². The molecule has 4 nitrogen and oxygen atoms in total. The molecule has 0 aliphatic carbocycles. The van der Waals surface area contributed by atoms with Gasteiger partial charge in [0.05, 0.1) is 12.1 Å². The van der Waals surface area contributed by atoms with E-state index in [9.17, 15) is 9.90 Å². The summed E-state index contributed by atoms with van der Waals surface area (Å²) in [6.07, 6.45) is 0.775. The monoisotopic (exact) mass is 326 g/mol. The van der Waals surface area contributed by atoms with Crippen molar-refractivity contribution in [3.8, 4) is 0 Å². The van der Waals surface area contributed by atoms with E-state index in [0.717, 1.165) is 17.7 Å². The molecule has 0 aliphatic heterocycles. The summed E-state index contributed by atoms with van der Waals surface area (Å²) in [6, 6.07) is 18.0. The van der Waals surface area contributed by atoms with Crippen LogP contribution < -0.4 is 5.32 Å². The fourth-order valence-electron chi connectivity index (χ4n) is 2.76. The Morgan fingerprint density at radius 2 is 1.71 bits per heavy atom. The molecule has 0 saturated carbocycles. The Hall–Kier alpha value is -2.17. The summed E-state index contributed by atoms with van der Waals surface area (Å²) in [5.74, 6) is -0.0812. The Morgan fingerprint density at radius 1 is 1.08 bits per heavy atom. The molecule has 0 spiro atoms. The van der Waals surface area contributed by atoms with Gasteiger partial charge in [-0.15, -0.1) is 0 Å². The molecule has 0 aromatic heterocycles. The molecule has 2 aromatic carbocycles.